The number of hydrogen-bond donors (Lipinski definition) is 0. The number of hydrogen-bond acceptors (Lipinski definition) is 4. The van der Waals surface area contributed by atoms with Crippen LogP contribution in [0.2, 0.25) is 0 Å². The number of aromatic nitrogens is 2. The second-order valence-electron chi connectivity index (χ2n) is 5.34. The van der Waals surface area contributed by atoms with Crippen LogP contribution < -0.4 is 0 Å². The van der Waals surface area contributed by atoms with Crippen molar-refractivity contribution in [2.24, 2.45) is 0 Å². The van der Waals surface area contributed by atoms with Gasteiger partial charge in [-0.2, -0.15) is 0 Å². The quantitative estimate of drug-likeness (QED) is 0.814. The molecule has 1 unspecified atom stereocenters. The summed E-state index contributed by atoms with van der Waals surface area (Å²) in [7, 11) is 0. The van der Waals surface area contributed by atoms with E-state index in [-0.39, 0.29) is 17.3 Å². The molecule has 1 aromatic heterocycles. The Balaban J connectivity index is 1.90. The molecule has 0 saturated carbocycles. The number of benzene rings is 1. The van der Waals surface area contributed by atoms with Crippen molar-refractivity contribution in [1.29, 1.82) is 0 Å². The standard InChI is InChI=1S/C16H15F2N3O2/c1-10(17)16(22)21-9-5-4-8-13(21)15-20-19-14(23-15)11-6-2-3-7-12(11)18/h2-3,6-7,13H,1,4-5,8-9H2. The van der Waals surface area contributed by atoms with Crippen molar-refractivity contribution in [2.45, 2.75) is 25.3 Å². The number of carbonyl (C=O) groups excluding carboxylic acids is 1. The van der Waals surface area contributed by atoms with Gasteiger partial charge in [-0.1, -0.05) is 18.7 Å². The molecule has 1 fully saturated rings. The Bertz CT molecular complexity index is 744. The molecule has 23 heavy (non-hydrogen) atoms. The molecule has 0 radical (unpaired) electrons. The lowest BCUT2D eigenvalue weighted by molar-refractivity contribution is -0.133. The minimum atomic E-state index is -1.02. The third-order valence-electron chi connectivity index (χ3n) is 3.83. The van der Waals surface area contributed by atoms with Gasteiger partial charge in [0.05, 0.1) is 5.56 Å². The Morgan fingerprint density at radius 1 is 1.30 bits per heavy atom. The number of amides is 1. The summed E-state index contributed by atoms with van der Waals surface area (Å²) in [6, 6.07) is 5.52. The van der Waals surface area contributed by atoms with Gasteiger partial charge in [-0.25, -0.2) is 8.78 Å². The number of piperidine rings is 1. The van der Waals surface area contributed by atoms with Gasteiger partial charge < -0.3 is 9.32 Å². The molecule has 1 atom stereocenters. The van der Waals surface area contributed by atoms with Gasteiger partial charge >= 0.3 is 0 Å². The van der Waals surface area contributed by atoms with Gasteiger partial charge in [0.15, 0.2) is 5.83 Å². The van der Waals surface area contributed by atoms with Crippen molar-refractivity contribution in [2.75, 3.05) is 6.54 Å². The SMILES string of the molecule is C=C(F)C(=O)N1CCCCC1c1nnc(-c2ccccc2F)o1. The lowest BCUT2D eigenvalue weighted by Gasteiger charge is -2.32. The number of carbonyl (C=O) groups is 1. The summed E-state index contributed by atoms with van der Waals surface area (Å²) in [4.78, 5) is 13.3. The first kappa shape index (κ1) is 15.3. The molecule has 0 spiro atoms. The molecule has 7 heteroatoms. The second-order valence-corrected chi connectivity index (χ2v) is 5.34. The van der Waals surface area contributed by atoms with Gasteiger partial charge in [-0.3, -0.25) is 4.79 Å². The van der Waals surface area contributed by atoms with Gasteiger partial charge in [0.25, 0.3) is 11.8 Å². The molecular weight excluding hydrogens is 304 g/mol. The average Bonchev–Trinajstić information content (AvgIpc) is 3.04. The first-order valence-electron chi connectivity index (χ1n) is 7.31. The van der Waals surface area contributed by atoms with Crippen molar-refractivity contribution >= 4 is 5.91 Å². The molecule has 1 aliphatic rings. The van der Waals surface area contributed by atoms with E-state index >= 15 is 0 Å². The average molecular weight is 319 g/mol. The third-order valence-corrected chi connectivity index (χ3v) is 3.83. The summed E-state index contributed by atoms with van der Waals surface area (Å²) in [5.74, 6) is -2.06. The number of likely N-dealkylation sites (tertiary alicyclic amines) is 1. The van der Waals surface area contributed by atoms with Gasteiger partial charge in [0.1, 0.15) is 11.9 Å². The largest absolute Gasteiger partial charge is 0.418 e. The van der Waals surface area contributed by atoms with E-state index in [0.29, 0.717) is 13.0 Å². The topological polar surface area (TPSA) is 59.2 Å². The molecule has 0 bridgehead atoms. The zero-order chi connectivity index (χ0) is 16.4. The number of nitrogens with zero attached hydrogens (tertiary/aromatic N) is 3. The van der Waals surface area contributed by atoms with Gasteiger partial charge in [0, 0.05) is 6.54 Å². The summed E-state index contributed by atoms with van der Waals surface area (Å²) in [5.41, 5.74) is 0.190. The Morgan fingerprint density at radius 2 is 2.09 bits per heavy atom. The second kappa shape index (κ2) is 6.28. The number of rotatable bonds is 3. The Morgan fingerprint density at radius 3 is 2.83 bits per heavy atom. The molecule has 0 N–H and O–H groups in total. The van der Waals surface area contributed by atoms with Gasteiger partial charge in [-0.05, 0) is 31.4 Å². The highest BCUT2D eigenvalue weighted by molar-refractivity contribution is 5.90. The molecule has 0 aliphatic carbocycles. The Kier molecular flexibility index (Phi) is 4.18. The van der Waals surface area contributed by atoms with Crippen LogP contribution in [0.1, 0.15) is 31.2 Å². The van der Waals surface area contributed by atoms with E-state index in [0.717, 1.165) is 12.8 Å². The van der Waals surface area contributed by atoms with Crippen LogP contribution in [0.5, 0.6) is 0 Å². The van der Waals surface area contributed by atoms with E-state index in [9.17, 15) is 13.6 Å². The molecule has 1 aliphatic heterocycles. The van der Waals surface area contributed by atoms with Gasteiger partial charge in [-0.15, -0.1) is 10.2 Å². The molecule has 120 valence electrons. The zero-order valence-corrected chi connectivity index (χ0v) is 12.3. The summed E-state index contributed by atoms with van der Waals surface area (Å²) < 4.78 is 32.5. The lowest BCUT2D eigenvalue weighted by Crippen LogP contribution is -2.38. The molecule has 5 nitrogen and oxygen atoms in total. The van der Waals surface area contributed by atoms with E-state index < -0.39 is 23.6 Å². The molecule has 1 amide bonds. The van der Waals surface area contributed by atoms with Crippen LogP contribution in [0.4, 0.5) is 8.78 Å². The maximum atomic E-state index is 13.8. The van der Waals surface area contributed by atoms with Crippen molar-refractivity contribution in [3.63, 3.8) is 0 Å². The predicted octanol–water partition coefficient (Wildman–Crippen LogP) is 3.41. The van der Waals surface area contributed by atoms with E-state index in [1.807, 2.05) is 0 Å². The smallest absolute Gasteiger partial charge is 0.282 e. The van der Waals surface area contributed by atoms with Gasteiger partial charge in [0.2, 0.25) is 5.89 Å². The van der Waals surface area contributed by atoms with E-state index in [1.165, 1.54) is 17.0 Å². The molecule has 1 aromatic carbocycles. The molecular formula is C16H15F2N3O2. The van der Waals surface area contributed by atoms with Crippen LogP contribution >= 0.6 is 0 Å². The molecule has 3 rings (SSSR count). The highest BCUT2D eigenvalue weighted by Gasteiger charge is 2.33. The Hall–Kier alpha value is -2.57. The van der Waals surface area contributed by atoms with Crippen LogP contribution in [0.25, 0.3) is 11.5 Å². The van der Waals surface area contributed by atoms with Crippen LogP contribution in [0, 0.1) is 5.82 Å². The van der Waals surface area contributed by atoms with Crippen molar-refractivity contribution in [1.82, 2.24) is 15.1 Å². The zero-order valence-electron chi connectivity index (χ0n) is 12.3. The normalized spacial score (nSPS) is 18.0. The summed E-state index contributed by atoms with van der Waals surface area (Å²) >= 11 is 0. The maximum Gasteiger partial charge on any atom is 0.282 e. The lowest BCUT2D eigenvalue weighted by atomic mass is 10.0. The van der Waals surface area contributed by atoms with Crippen molar-refractivity contribution in [3.8, 4) is 11.5 Å². The number of halogens is 2. The fourth-order valence-electron chi connectivity index (χ4n) is 2.70. The van der Waals surface area contributed by atoms with Crippen molar-refractivity contribution < 1.29 is 18.0 Å². The minimum Gasteiger partial charge on any atom is -0.418 e. The van der Waals surface area contributed by atoms with Crippen LogP contribution in [0.15, 0.2) is 41.1 Å². The summed E-state index contributed by atoms with van der Waals surface area (Å²) in [6.07, 6.45) is 2.20. The fourth-order valence-corrected chi connectivity index (χ4v) is 2.70. The van der Waals surface area contributed by atoms with E-state index in [2.05, 4.69) is 16.8 Å². The van der Waals surface area contributed by atoms with E-state index in [4.69, 9.17) is 4.42 Å². The maximum absolute atomic E-state index is 13.8. The van der Waals surface area contributed by atoms with Crippen molar-refractivity contribution in [3.05, 3.63) is 48.4 Å². The minimum absolute atomic E-state index is 0.0372. The first-order valence-corrected chi connectivity index (χ1v) is 7.31. The molecule has 2 aromatic rings. The molecule has 2 heterocycles. The highest BCUT2D eigenvalue weighted by atomic mass is 19.1. The van der Waals surface area contributed by atoms with Crippen LogP contribution in [-0.4, -0.2) is 27.5 Å². The summed E-state index contributed by atoms with van der Waals surface area (Å²) in [5, 5.41) is 7.77. The van der Waals surface area contributed by atoms with E-state index in [1.54, 1.807) is 12.1 Å². The van der Waals surface area contributed by atoms with Crippen LogP contribution in [-0.2, 0) is 4.79 Å². The summed E-state index contributed by atoms with van der Waals surface area (Å²) in [6.45, 7) is 3.44. The fraction of sp³-hybridized carbons (Fsp3) is 0.312. The Labute approximate surface area is 131 Å². The monoisotopic (exact) mass is 319 g/mol. The first-order chi connectivity index (χ1) is 11.1. The van der Waals surface area contributed by atoms with Crippen LogP contribution in [0.3, 0.4) is 0 Å². The third kappa shape index (κ3) is 2.99. The molecule has 1 saturated heterocycles. The highest BCUT2D eigenvalue weighted by Crippen LogP contribution is 2.33. The predicted molar refractivity (Wildman–Crippen MR) is 78.2 cm³/mol.